The Morgan fingerprint density at radius 3 is 2.67 bits per heavy atom. The van der Waals surface area contributed by atoms with E-state index in [1.54, 1.807) is 30.3 Å². The van der Waals surface area contributed by atoms with Crippen LogP contribution >= 0.6 is 23.4 Å². The first kappa shape index (κ1) is 19.3. The Kier molecular flexibility index (Phi) is 5.48. The predicted molar refractivity (Wildman–Crippen MR) is 100 cm³/mol. The molecule has 1 aliphatic heterocycles. The van der Waals surface area contributed by atoms with Crippen molar-refractivity contribution in [3.63, 3.8) is 0 Å². The summed E-state index contributed by atoms with van der Waals surface area (Å²) in [5, 5.41) is 2.47. The quantitative estimate of drug-likeness (QED) is 0.700. The fourth-order valence-corrected chi connectivity index (χ4v) is 3.35. The second-order valence-electron chi connectivity index (χ2n) is 5.38. The third kappa shape index (κ3) is 4.45. The number of aliphatic imine (C=N–C) groups is 1. The number of ether oxygens (including phenoxy) is 1. The molecule has 1 N–H and O–H groups in total. The molecule has 0 radical (unpaired) electrons. The van der Waals surface area contributed by atoms with Gasteiger partial charge in [0.05, 0.1) is 23.3 Å². The lowest BCUT2D eigenvalue weighted by Gasteiger charge is -2.10. The lowest BCUT2D eigenvalue weighted by Crippen LogP contribution is -2.19. The van der Waals surface area contributed by atoms with Crippen LogP contribution in [0.4, 0.5) is 18.9 Å². The maximum absolute atomic E-state index is 13.2. The molecule has 1 fully saturated rings. The Morgan fingerprint density at radius 2 is 1.96 bits per heavy atom. The van der Waals surface area contributed by atoms with Crippen molar-refractivity contribution in [2.24, 2.45) is 4.99 Å². The number of amidine groups is 1. The highest BCUT2D eigenvalue weighted by atomic mass is 35.5. The number of rotatable bonds is 3. The van der Waals surface area contributed by atoms with Gasteiger partial charge in [0.1, 0.15) is 5.75 Å². The first-order valence-electron chi connectivity index (χ1n) is 7.57. The summed E-state index contributed by atoms with van der Waals surface area (Å²) in [7, 11) is 1.51. The predicted octanol–water partition coefficient (Wildman–Crippen LogP) is 5.26. The number of hydrogen-bond donors (Lipinski definition) is 1. The van der Waals surface area contributed by atoms with Crippen molar-refractivity contribution in [2.45, 2.75) is 6.18 Å². The van der Waals surface area contributed by atoms with Crippen LogP contribution in [0.25, 0.3) is 6.08 Å². The van der Waals surface area contributed by atoms with Crippen LogP contribution in [0.1, 0.15) is 11.1 Å². The van der Waals surface area contributed by atoms with E-state index < -0.39 is 17.6 Å². The highest BCUT2D eigenvalue weighted by Crippen LogP contribution is 2.39. The van der Waals surface area contributed by atoms with E-state index in [4.69, 9.17) is 16.3 Å². The average molecular weight is 413 g/mol. The molecule has 3 rings (SSSR count). The molecule has 1 saturated heterocycles. The summed E-state index contributed by atoms with van der Waals surface area (Å²) in [6.07, 6.45) is -3.03. The number of alkyl halides is 3. The van der Waals surface area contributed by atoms with Crippen LogP contribution in [0.2, 0.25) is 5.02 Å². The van der Waals surface area contributed by atoms with E-state index in [0.717, 1.165) is 23.9 Å². The molecule has 1 aliphatic rings. The zero-order valence-electron chi connectivity index (χ0n) is 13.8. The van der Waals surface area contributed by atoms with E-state index in [-0.39, 0.29) is 15.9 Å². The van der Waals surface area contributed by atoms with Crippen molar-refractivity contribution in [1.29, 1.82) is 0 Å². The molecule has 0 saturated carbocycles. The van der Waals surface area contributed by atoms with E-state index >= 15 is 0 Å². The number of para-hydroxylation sites is 1. The van der Waals surface area contributed by atoms with Crippen LogP contribution in [-0.4, -0.2) is 18.2 Å². The fraction of sp³-hybridized carbons (Fsp3) is 0.111. The summed E-state index contributed by atoms with van der Waals surface area (Å²) >= 11 is 6.61. The second kappa shape index (κ2) is 7.66. The van der Waals surface area contributed by atoms with Gasteiger partial charge in [0, 0.05) is 10.6 Å². The second-order valence-corrected chi connectivity index (χ2v) is 6.85. The lowest BCUT2D eigenvalue weighted by molar-refractivity contribution is -0.137. The third-order valence-corrected chi connectivity index (χ3v) is 4.71. The molecule has 2 aromatic rings. The van der Waals surface area contributed by atoms with Gasteiger partial charge < -0.3 is 10.1 Å². The van der Waals surface area contributed by atoms with Gasteiger partial charge in [-0.1, -0.05) is 29.8 Å². The summed E-state index contributed by atoms with van der Waals surface area (Å²) in [4.78, 5) is 16.4. The number of methoxy groups -OCH3 is 1. The van der Waals surface area contributed by atoms with Gasteiger partial charge in [-0.15, -0.1) is 0 Å². The molecular weight excluding hydrogens is 401 g/mol. The van der Waals surface area contributed by atoms with Gasteiger partial charge in [0.15, 0.2) is 5.17 Å². The number of thioether (sulfide) groups is 1. The van der Waals surface area contributed by atoms with Crippen LogP contribution in [-0.2, 0) is 11.0 Å². The van der Waals surface area contributed by atoms with Gasteiger partial charge in [-0.3, -0.25) is 4.79 Å². The Morgan fingerprint density at radius 1 is 1.22 bits per heavy atom. The zero-order valence-corrected chi connectivity index (χ0v) is 15.4. The first-order chi connectivity index (χ1) is 12.8. The van der Waals surface area contributed by atoms with E-state index in [0.29, 0.717) is 16.2 Å². The average Bonchev–Trinajstić information content (AvgIpc) is 2.95. The van der Waals surface area contributed by atoms with E-state index in [1.165, 1.54) is 13.2 Å². The Bertz CT molecular complexity index is 958. The summed E-state index contributed by atoms with van der Waals surface area (Å²) in [6.45, 7) is 0. The van der Waals surface area contributed by atoms with E-state index in [2.05, 4.69) is 10.3 Å². The van der Waals surface area contributed by atoms with E-state index in [9.17, 15) is 18.0 Å². The molecule has 4 nitrogen and oxygen atoms in total. The molecule has 140 valence electrons. The van der Waals surface area contributed by atoms with Gasteiger partial charge in [0.2, 0.25) is 0 Å². The third-order valence-electron chi connectivity index (χ3n) is 3.56. The monoisotopic (exact) mass is 412 g/mol. The highest BCUT2D eigenvalue weighted by molar-refractivity contribution is 8.18. The van der Waals surface area contributed by atoms with Crippen molar-refractivity contribution in [3.8, 4) is 5.75 Å². The number of halogens is 4. The molecule has 9 heteroatoms. The minimum atomic E-state index is -4.62. The topological polar surface area (TPSA) is 50.7 Å². The number of carbonyl (C=O) groups excluding carboxylic acids is 1. The van der Waals surface area contributed by atoms with Crippen molar-refractivity contribution in [3.05, 3.63) is 63.5 Å². The van der Waals surface area contributed by atoms with E-state index in [1.807, 2.05) is 0 Å². The largest absolute Gasteiger partial charge is 0.496 e. The summed E-state index contributed by atoms with van der Waals surface area (Å²) in [6, 6.07) is 10.3. The SMILES string of the molecule is COc1ccccc1/C=C1\SC(=Nc2ccc(Cl)cc2C(F)(F)F)NC1=O. The molecule has 0 spiro atoms. The number of carbonyl (C=O) groups is 1. The summed E-state index contributed by atoms with van der Waals surface area (Å²) < 4.78 is 44.8. The fourth-order valence-electron chi connectivity index (χ4n) is 2.35. The normalized spacial score (nSPS) is 17.4. The highest BCUT2D eigenvalue weighted by Gasteiger charge is 2.34. The number of hydrogen-bond acceptors (Lipinski definition) is 4. The number of nitrogens with zero attached hydrogens (tertiary/aromatic N) is 1. The zero-order chi connectivity index (χ0) is 19.6. The van der Waals surface area contributed by atoms with Gasteiger partial charge in [0.25, 0.3) is 5.91 Å². The molecule has 1 amide bonds. The van der Waals surface area contributed by atoms with Gasteiger partial charge >= 0.3 is 6.18 Å². The Labute approximate surface area is 162 Å². The minimum Gasteiger partial charge on any atom is -0.496 e. The molecule has 2 aromatic carbocycles. The summed E-state index contributed by atoms with van der Waals surface area (Å²) in [5.41, 5.74) is -0.630. The molecule has 0 aromatic heterocycles. The Hall–Kier alpha value is -2.45. The molecule has 0 bridgehead atoms. The molecule has 0 atom stereocenters. The lowest BCUT2D eigenvalue weighted by atomic mass is 10.2. The number of nitrogens with one attached hydrogen (secondary N) is 1. The van der Waals surface area contributed by atoms with Gasteiger partial charge in [-0.05, 0) is 42.1 Å². The van der Waals surface area contributed by atoms with Gasteiger partial charge in [-0.25, -0.2) is 4.99 Å². The van der Waals surface area contributed by atoms with Crippen LogP contribution in [0.15, 0.2) is 52.4 Å². The van der Waals surface area contributed by atoms with Crippen molar-refractivity contribution in [1.82, 2.24) is 5.32 Å². The molecule has 0 aliphatic carbocycles. The van der Waals surface area contributed by atoms with Crippen LogP contribution in [0, 0.1) is 0 Å². The molecule has 1 heterocycles. The standard InChI is InChI=1S/C18H12ClF3N2O2S/c1-26-14-5-3-2-4-10(14)8-15-16(25)24-17(27-15)23-13-7-6-11(19)9-12(13)18(20,21)22/h2-9H,1H3,(H,23,24,25)/b15-8-. The molecule has 0 unspecified atom stereocenters. The minimum absolute atomic E-state index is 0.0499. The van der Waals surface area contributed by atoms with Crippen LogP contribution in [0.5, 0.6) is 5.75 Å². The number of amides is 1. The van der Waals surface area contributed by atoms with Crippen molar-refractivity contribution in [2.75, 3.05) is 7.11 Å². The van der Waals surface area contributed by atoms with Crippen molar-refractivity contribution >= 4 is 46.2 Å². The summed E-state index contributed by atoms with van der Waals surface area (Å²) in [5.74, 6) is 0.119. The Balaban J connectivity index is 1.93. The van der Waals surface area contributed by atoms with Crippen LogP contribution < -0.4 is 10.1 Å². The number of benzene rings is 2. The molecule has 27 heavy (non-hydrogen) atoms. The van der Waals surface area contributed by atoms with Crippen molar-refractivity contribution < 1.29 is 22.7 Å². The smallest absolute Gasteiger partial charge is 0.418 e. The maximum atomic E-state index is 13.2. The first-order valence-corrected chi connectivity index (χ1v) is 8.77. The van der Waals surface area contributed by atoms with Gasteiger partial charge in [-0.2, -0.15) is 13.2 Å². The maximum Gasteiger partial charge on any atom is 0.418 e. The molecular formula is C18H12ClF3N2O2S. The van der Waals surface area contributed by atoms with Crippen LogP contribution in [0.3, 0.4) is 0 Å².